The molecular formula is C10H13N3O. The van der Waals surface area contributed by atoms with Crippen molar-refractivity contribution in [3.63, 3.8) is 0 Å². The molecule has 74 valence electrons. The van der Waals surface area contributed by atoms with Gasteiger partial charge in [-0.1, -0.05) is 0 Å². The average molecular weight is 191 g/mol. The molecule has 2 heterocycles. The van der Waals surface area contributed by atoms with Crippen molar-refractivity contribution >= 4 is 0 Å². The van der Waals surface area contributed by atoms with E-state index in [-0.39, 0.29) is 6.04 Å². The first kappa shape index (κ1) is 9.02. The van der Waals surface area contributed by atoms with E-state index in [1.807, 2.05) is 32.2 Å². The van der Waals surface area contributed by atoms with Crippen LogP contribution in [0.4, 0.5) is 0 Å². The second-order valence-corrected chi connectivity index (χ2v) is 3.33. The number of aryl methyl sites for hydroxylation is 2. The Morgan fingerprint density at radius 1 is 1.57 bits per heavy atom. The summed E-state index contributed by atoms with van der Waals surface area (Å²) in [6.45, 7) is 1.94. The number of hydrogen-bond donors (Lipinski definition) is 1. The molecule has 0 radical (unpaired) electrons. The van der Waals surface area contributed by atoms with Gasteiger partial charge in [-0.2, -0.15) is 5.10 Å². The van der Waals surface area contributed by atoms with E-state index in [1.165, 1.54) is 0 Å². The van der Waals surface area contributed by atoms with Crippen molar-refractivity contribution in [1.82, 2.24) is 9.78 Å². The SMILES string of the molecule is Cc1cc(C(N)c2ccco2)n(C)n1. The zero-order chi connectivity index (χ0) is 10.1. The molecule has 0 bridgehead atoms. The zero-order valence-electron chi connectivity index (χ0n) is 8.27. The normalized spacial score (nSPS) is 13.1. The summed E-state index contributed by atoms with van der Waals surface area (Å²) in [4.78, 5) is 0. The second-order valence-electron chi connectivity index (χ2n) is 3.33. The lowest BCUT2D eigenvalue weighted by molar-refractivity contribution is 0.478. The van der Waals surface area contributed by atoms with E-state index < -0.39 is 0 Å². The van der Waals surface area contributed by atoms with E-state index in [2.05, 4.69) is 5.10 Å². The van der Waals surface area contributed by atoms with Crippen molar-refractivity contribution < 1.29 is 4.42 Å². The molecule has 0 saturated carbocycles. The Kier molecular flexibility index (Phi) is 2.13. The highest BCUT2D eigenvalue weighted by molar-refractivity contribution is 5.21. The standard InChI is InChI=1S/C10H13N3O/c1-7-6-8(13(2)12-7)10(11)9-4-3-5-14-9/h3-6,10H,11H2,1-2H3. The number of rotatable bonds is 2. The first-order valence-electron chi connectivity index (χ1n) is 4.48. The van der Waals surface area contributed by atoms with Gasteiger partial charge in [0.25, 0.3) is 0 Å². The van der Waals surface area contributed by atoms with Crippen molar-refractivity contribution in [1.29, 1.82) is 0 Å². The summed E-state index contributed by atoms with van der Waals surface area (Å²) in [5.41, 5.74) is 7.94. The summed E-state index contributed by atoms with van der Waals surface area (Å²) in [6.07, 6.45) is 1.62. The van der Waals surface area contributed by atoms with Gasteiger partial charge >= 0.3 is 0 Å². The first-order valence-corrected chi connectivity index (χ1v) is 4.48. The van der Waals surface area contributed by atoms with Crippen molar-refractivity contribution in [3.05, 3.63) is 41.6 Å². The number of furan rings is 1. The lowest BCUT2D eigenvalue weighted by atomic mass is 10.1. The molecule has 14 heavy (non-hydrogen) atoms. The molecule has 0 aromatic carbocycles. The highest BCUT2D eigenvalue weighted by Crippen LogP contribution is 2.19. The molecule has 1 unspecified atom stereocenters. The summed E-state index contributed by atoms with van der Waals surface area (Å²) in [5.74, 6) is 0.757. The van der Waals surface area contributed by atoms with Crippen LogP contribution in [0.25, 0.3) is 0 Å². The highest BCUT2D eigenvalue weighted by atomic mass is 16.3. The third-order valence-electron chi connectivity index (χ3n) is 2.21. The third-order valence-corrected chi connectivity index (χ3v) is 2.21. The monoisotopic (exact) mass is 191 g/mol. The van der Waals surface area contributed by atoms with Gasteiger partial charge in [0, 0.05) is 7.05 Å². The summed E-state index contributed by atoms with van der Waals surface area (Å²) >= 11 is 0. The smallest absolute Gasteiger partial charge is 0.126 e. The Hall–Kier alpha value is -1.55. The van der Waals surface area contributed by atoms with Crippen LogP contribution in [0.2, 0.25) is 0 Å². The van der Waals surface area contributed by atoms with Crippen LogP contribution in [0, 0.1) is 6.92 Å². The number of nitrogens with two attached hydrogens (primary N) is 1. The minimum Gasteiger partial charge on any atom is -0.467 e. The van der Waals surface area contributed by atoms with Crippen LogP contribution in [0.3, 0.4) is 0 Å². The van der Waals surface area contributed by atoms with E-state index in [4.69, 9.17) is 10.2 Å². The van der Waals surface area contributed by atoms with Crippen molar-refractivity contribution in [2.45, 2.75) is 13.0 Å². The van der Waals surface area contributed by atoms with Gasteiger partial charge in [0.2, 0.25) is 0 Å². The van der Waals surface area contributed by atoms with E-state index in [0.29, 0.717) is 0 Å². The highest BCUT2D eigenvalue weighted by Gasteiger charge is 2.15. The fourth-order valence-electron chi connectivity index (χ4n) is 1.54. The number of aromatic nitrogens is 2. The van der Waals surface area contributed by atoms with E-state index in [0.717, 1.165) is 17.1 Å². The van der Waals surface area contributed by atoms with Gasteiger partial charge in [0.15, 0.2) is 0 Å². The fourth-order valence-corrected chi connectivity index (χ4v) is 1.54. The number of hydrogen-bond acceptors (Lipinski definition) is 3. The quantitative estimate of drug-likeness (QED) is 0.780. The van der Waals surface area contributed by atoms with Crippen LogP contribution in [-0.2, 0) is 7.05 Å². The Morgan fingerprint density at radius 3 is 2.86 bits per heavy atom. The van der Waals surface area contributed by atoms with Crippen LogP contribution in [0.1, 0.15) is 23.2 Å². The summed E-state index contributed by atoms with van der Waals surface area (Å²) in [6, 6.07) is 5.43. The first-order chi connectivity index (χ1) is 6.68. The van der Waals surface area contributed by atoms with Crippen molar-refractivity contribution in [2.75, 3.05) is 0 Å². The molecule has 0 amide bonds. The third kappa shape index (κ3) is 1.44. The molecule has 4 heteroatoms. The van der Waals surface area contributed by atoms with Crippen molar-refractivity contribution in [3.8, 4) is 0 Å². The molecule has 2 aromatic heterocycles. The maximum atomic E-state index is 6.02. The predicted molar refractivity (Wildman–Crippen MR) is 52.7 cm³/mol. The lowest BCUT2D eigenvalue weighted by Gasteiger charge is -2.08. The van der Waals surface area contributed by atoms with Gasteiger partial charge < -0.3 is 10.2 Å². The Balaban J connectivity index is 2.36. The molecule has 0 aliphatic rings. The summed E-state index contributed by atoms with van der Waals surface area (Å²) in [7, 11) is 1.88. The minimum absolute atomic E-state index is 0.240. The van der Waals surface area contributed by atoms with Crippen LogP contribution in [-0.4, -0.2) is 9.78 Å². The Bertz CT molecular complexity index is 417. The molecule has 0 fully saturated rings. The molecule has 0 saturated heterocycles. The van der Waals surface area contributed by atoms with E-state index in [1.54, 1.807) is 10.9 Å². The zero-order valence-corrected chi connectivity index (χ0v) is 8.27. The molecule has 1 atom stereocenters. The van der Waals surface area contributed by atoms with Crippen molar-refractivity contribution in [2.24, 2.45) is 12.8 Å². The molecule has 2 N–H and O–H groups in total. The van der Waals surface area contributed by atoms with Gasteiger partial charge in [0.1, 0.15) is 11.8 Å². The van der Waals surface area contributed by atoms with Crippen LogP contribution in [0.5, 0.6) is 0 Å². The van der Waals surface area contributed by atoms with Gasteiger partial charge in [-0.05, 0) is 25.1 Å². The minimum atomic E-state index is -0.240. The molecular weight excluding hydrogens is 178 g/mol. The summed E-state index contributed by atoms with van der Waals surface area (Å²) in [5, 5.41) is 4.24. The molecule has 0 aliphatic carbocycles. The maximum Gasteiger partial charge on any atom is 0.126 e. The van der Waals surface area contributed by atoms with Gasteiger partial charge in [-0.15, -0.1) is 0 Å². The van der Waals surface area contributed by atoms with Gasteiger partial charge in [-0.3, -0.25) is 4.68 Å². The fraction of sp³-hybridized carbons (Fsp3) is 0.300. The van der Waals surface area contributed by atoms with E-state index in [9.17, 15) is 0 Å². The average Bonchev–Trinajstić information content (AvgIpc) is 2.73. The maximum absolute atomic E-state index is 6.02. The van der Waals surface area contributed by atoms with E-state index >= 15 is 0 Å². The lowest BCUT2D eigenvalue weighted by Crippen LogP contribution is -2.15. The van der Waals surface area contributed by atoms with Crippen LogP contribution < -0.4 is 5.73 Å². The topological polar surface area (TPSA) is 57.0 Å². The molecule has 0 spiro atoms. The van der Waals surface area contributed by atoms with Gasteiger partial charge in [-0.25, -0.2) is 0 Å². The Morgan fingerprint density at radius 2 is 2.36 bits per heavy atom. The molecule has 4 nitrogen and oxygen atoms in total. The van der Waals surface area contributed by atoms with Gasteiger partial charge in [0.05, 0.1) is 17.7 Å². The Labute approximate surface area is 82.3 Å². The summed E-state index contributed by atoms with van der Waals surface area (Å²) < 4.78 is 7.03. The van der Waals surface area contributed by atoms with Crippen LogP contribution >= 0.6 is 0 Å². The second kappa shape index (κ2) is 3.31. The van der Waals surface area contributed by atoms with Crippen LogP contribution in [0.15, 0.2) is 28.9 Å². The molecule has 0 aliphatic heterocycles. The predicted octanol–water partition coefficient (Wildman–Crippen LogP) is 1.37. The number of nitrogens with zero attached hydrogens (tertiary/aromatic N) is 2. The molecule has 2 aromatic rings. The molecule has 2 rings (SSSR count). The largest absolute Gasteiger partial charge is 0.467 e.